The number of benzene rings is 1. The third-order valence-electron chi connectivity index (χ3n) is 1.84. The third-order valence-corrected chi connectivity index (χ3v) is 1.84. The van der Waals surface area contributed by atoms with Crippen molar-refractivity contribution >= 4 is 23.5 Å². The van der Waals surface area contributed by atoms with E-state index >= 15 is 0 Å². The van der Waals surface area contributed by atoms with E-state index in [0.29, 0.717) is 0 Å². The van der Waals surface area contributed by atoms with E-state index in [1.807, 2.05) is 5.32 Å². The molecule has 0 aliphatic rings. The van der Waals surface area contributed by atoms with Gasteiger partial charge in [0, 0.05) is 5.56 Å². The molecule has 0 unspecified atom stereocenters. The molecule has 0 aliphatic carbocycles. The summed E-state index contributed by atoms with van der Waals surface area (Å²) in [6, 6.07) is 3.15. The smallest absolute Gasteiger partial charge is 0.312 e. The summed E-state index contributed by atoms with van der Waals surface area (Å²) in [7, 11) is 0. The number of hydrogen-bond donors (Lipinski definition) is 3. The molecule has 1 aromatic rings. The summed E-state index contributed by atoms with van der Waals surface area (Å²) in [5, 5.41) is 10.4. The van der Waals surface area contributed by atoms with Crippen molar-refractivity contribution < 1.29 is 23.9 Å². The molecule has 1 rings (SSSR count). The maximum atomic E-state index is 13.2. The second kappa shape index (κ2) is 5.06. The number of nitrogens with two attached hydrogens (primary N) is 1. The number of primary amides is 1. The molecule has 1 aromatic carbocycles. The molecule has 4 N–H and O–H groups in total. The Morgan fingerprint density at radius 2 is 2.00 bits per heavy atom. The SMILES string of the molecule is NC(=O)c1ccc(F)c(NC(=O)CC(=O)O)c1. The van der Waals surface area contributed by atoms with Gasteiger partial charge >= 0.3 is 5.97 Å². The number of carboxylic acids is 1. The van der Waals surface area contributed by atoms with Crippen molar-refractivity contribution in [1.82, 2.24) is 0 Å². The molecule has 90 valence electrons. The third kappa shape index (κ3) is 3.56. The summed E-state index contributed by atoms with van der Waals surface area (Å²) in [6.07, 6.45) is -0.791. The van der Waals surface area contributed by atoms with Crippen LogP contribution in [0.4, 0.5) is 10.1 Å². The van der Waals surface area contributed by atoms with Crippen LogP contribution < -0.4 is 11.1 Å². The van der Waals surface area contributed by atoms with E-state index in [1.54, 1.807) is 0 Å². The lowest BCUT2D eigenvalue weighted by Crippen LogP contribution is -2.18. The minimum atomic E-state index is -1.34. The molecule has 6 nitrogen and oxygen atoms in total. The van der Waals surface area contributed by atoms with Crippen LogP contribution in [0.15, 0.2) is 18.2 Å². The van der Waals surface area contributed by atoms with Crippen molar-refractivity contribution in [2.75, 3.05) is 5.32 Å². The monoisotopic (exact) mass is 240 g/mol. The Labute approximate surface area is 95.2 Å². The molecule has 0 heterocycles. The highest BCUT2D eigenvalue weighted by atomic mass is 19.1. The van der Waals surface area contributed by atoms with Crippen molar-refractivity contribution in [3.63, 3.8) is 0 Å². The summed E-state index contributed by atoms with van der Waals surface area (Å²) in [5.41, 5.74) is 4.70. The Hall–Kier alpha value is -2.44. The first-order valence-corrected chi connectivity index (χ1v) is 4.51. The minimum absolute atomic E-state index is 0.0111. The first kappa shape index (κ1) is 12.6. The number of rotatable bonds is 4. The van der Waals surface area contributed by atoms with E-state index in [9.17, 15) is 18.8 Å². The van der Waals surface area contributed by atoms with Crippen LogP contribution in [0.1, 0.15) is 16.8 Å². The first-order valence-electron chi connectivity index (χ1n) is 4.51. The van der Waals surface area contributed by atoms with E-state index in [0.717, 1.165) is 18.2 Å². The van der Waals surface area contributed by atoms with Crippen molar-refractivity contribution in [1.29, 1.82) is 0 Å². The number of anilines is 1. The fourth-order valence-electron chi connectivity index (χ4n) is 1.11. The van der Waals surface area contributed by atoms with Gasteiger partial charge in [0.15, 0.2) is 0 Å². The normalized spacial score (nSPS) is 9.71. The predicted octanol–water partition coefficient (Wildman–Crippen LogP) is 0.338. The lowest BCUT2D eigenvalue weighted by molar-refractivity contribution is -0.139. The van der Waals surface area contributed by atoms with Crippen molar-refractivity contribution in [2.24, 2.45) is 5.73 Å². The molecule has 0 bridgehead atoms. The van der Waals surface area contributed by atoms with Crippen LogP contribution in [0, 0.1) is 5.82 Å². The number of hydrogen-bond acceptors (Lipinski definition) is 3. The molecule has 0 radical (unpaired) electrons. The highest BCUT2D eigenvalue weighted by Crippen LogP contribution is 2.16. The van der Waals surface area contributed by atoms with Crippen LogP contribution in [0.5, 0.6) is 0 Å². The molecule has 2 amide bonds. The van der Waals surface area contributed by atoms with Gasteiger partial charge in [-0.25, -0.2) is 4.39 Å². The predicted molar refractivity (Wildman–Crippen MR) is 55.8 cm³/mol. The Morgan fingerprint density at radius 1 is 1.35 bits per heavy atom. The molecule has 0 aromatic heterocycles. The average Bonchev–Trinajstić information content (AvgIpc) is 2.19. The zero-order valence-electron chi connectivity index (χ0n) is 8.57. The topological polar surface area (TPSA) is 109 Å². The molecule has 0 saturated heterocycles. The zero-order valence-corrected chi connectivity index (χ0v) is 8.57. The van der Waals surface area contributed by atoms with Gasteiger partial charge in [-0.05, 0) is 18.2 Å². The molecule has 7 heteroatoms. The van der Waals surface area contributed by atoms with Crippen LogP contribution in [-0.4, -0.2) is 22.9 Å². The van der Waals surface area contributed by atoms with Gasteiger partial charge in [-0.2, -0.15) is 0 Å². The highest BCUT2D eigenvalue weighted by molar-refractivity contribution is 6.02. The van der Waals surface area contributed by atoms with E-state index in [4.69, 9.17) is 10.8 Å². The van der Waals surface area contributed by atoms with E-state index < -0.39 is 30.0 Å². The molecular formula is C10H9FN2O4. The van der Waals surface area contributed by atoms with Crippen LogP contribution >= 0.6 is 0 Å². The van der Waals surface area contributed by atoms with Gasteiger partial charge in [-0.3, -0.25) is 14.4 Å². The van der Waals surface area contributed by atoms with Crippen molar-refractivity contribution in [3.05, 3.63) is 29.6 Å². The standard InChI is InChI=1S/C10H9FN2O4/c11-6-2-1-5(10(12)17)3-7(6)13-8(14)4-9(15)16/h1-3H,4H2,(H2,12,17)(H,13,14)(H,15,16). The minimum Gasteiger partial charge on any atom is -0.481 e. The Kier molecular flexibility index (Phi) is 3.76. The lowest BCUT2D eigenvalue weighted by Gasteiger charge is -2.06. The van der Waals surface area contributed by atoms with E-state index in [-0.39, 0.29) is 11.3 Å². The molecule has 0 fully saturated rings. The molecule has 0 aliphatic heterocycles. The molecule has 0 atom stereocenters. The molecular weight excluding hydrogens is 231 g/mol. The number of amides is 2. The van der Waals surface area contributed by atoms with Crippen LogP contribution in [0.25, 0.3) is 0 Å². The quantitative estimate of drug-likeness (QED) is 0.659. The lowest BCUT2D eigenvalue weighted by atomic mass is 10.2. The van der Waals surface area contributed by atoms with Gasteiger partial charge in [0.05, 0.1) is 5.69 Å². The number of carbonyl (C=O) groups is 3. The summed E-state index contributed by atoms with van der Waals surface area (Å²) < 4.78 is 13.2. The van der Waals surface area contributed by atoms with Crippen LogP contribution in [0.3, 0.4) is 0 Å². The Morgan fingerprint density at radius 3 is 2.53 bits per heavy atom. The van der Waals surface area contributed by atoms with Gasteiger partial charge < -0.3 is 16.2 Å². The summed E-state index contributed by atoms with van der Waals surface area (Å²) in [6.45, 7) is 0. The second-order valence-corrected chi connectivity index (χ2v) is 3.18. The van der Waals surface area contributed by atoms with Gasteiger partial charge in [-0.15, -0.1) is 0 Å². The van der Waals surface area contributed by atoms with Gasteiger partial charge in [-0.1, -0.05) is 0 Å². The number of carboxylic acid groups (broad SMARTS) is 1. The van der Waals surface area contributed by atoms with Crippen molar-refractivity contribution in [2.45, 2.75) is 6.42 Å². The molecule has 0 saturated carbocycles. The molecule has 17 heavy (non-hydrogen) atoms. The first-order chi connectivity index (χ1) is 7.90. The van der Waals surface area contributed by atoms with Crippen LogP contribution in [0.2, 0.25) is 0 Å². The van der Waals surface area contributed by atoms with E-state index in [2.05, 4.69) is 0 Å². The maximum Gasteiger partial charge on any atom is 0.312 e. The summed E-state index contributed by atoms with van der Waals surface area (Å²) in [4.78, 5) is 32.1. The number of nitrogens with one attached hydrogen (secondary N) is 1. The largest absolute Gasteiger partial charge is 0.481 e. The average molecular weight is 240 g/mol. The van der Waals surface area contributed by atoms with Gasteiger partial charge in [0.1, 0.15) is 12.2 Å². The highest BCUT2D eigenvalue weighted by Gasteiger charge is 2.12. The van der Waals surface area contributed by atoms with Gasteiger partial charge in [0.25, 0.3) is 0 Å². The fraction of sp³-hybridized carbons (Fsp3) is 0.100. The molecule has 0 spiro atoms. The Bertz CT molecular complexity index is 487. The maximum absolute atomic E-state index is 13.2. The number of carbonyl (C=O) groups excluding carboxylic acids is 2. The van der Waals surface area contributed by atoms with Crippen molar-refractivity contribution in [3.8, 4) is 0 Å². The van der Waals surface area contributed by atoms with E-state index in [1.165, 1.54) is 0 Å². The zero-order chi connectivity index (χ0) is 13.0. The second-order valence-electron chi connectivity index (χ2n) is 3.18. The number of aliphatic carboxylic acids is 1. The van der Waals surface area contributed by atoms with Crippen LogP contribution in [-0.2, 0) is 9.59 Å². The summed E-state index contributed by atoms with van der Waals surface area (Å²) >= 11 is 0. The number of halogens is 1. The van der Waals surface area contributed by atoms with Gasteiger partial charge in [0.2, 0.25) is 11.8 Å². The Balaban J connectivity index is 2.90. The fourth-order valence-corrected chi connectivity index (χ4v) is 1.11. The summed E-state index contributed by atoms with van der Waals surface area (Å²) in [5.74, 6) is -3.79.